The average molecular weight is 247 g/mol. The van der Waals surface area contributed by atoms with Gasteiger partial charge in [-0.1, -0.05) is 31.5 Å². The molecule has 0 saturated carbocycles. The van der Waals surface area contributed by atoms with E-state index in [1.165, 1.54) is 0 Å². The highest BCUT2D eigenvalue weighted by Gasteiger charge is 2.23. The minimum Gasteiger partial charge on any atom is -0.318 e. The second kappa shape index (κ2) is 4.43. The predicted molar refractivity (Wildman–Crippen MR) is 70.3 cm³/mol. The summed E-state index contributed by atoms with van der Waals surface area (Å²) in [7, 11) is 0. The lowest BCUT2D eigenvalue weighted by atomic mass is 9.92. The maximum absolute atomic E-state index is 9.34. The van der Waals surface area contributed by atoms with Gasteiger partial charge in [-0.3, -0.25) is 0 Å². The highest BCUT2D eigenvalue weighted by Crippen LogP contribution is 2.34. The summed E-state index contributed by atoms with van der Waals surface area (Å²) in [6.45, 7) is 6.10. The quantitative estimate of drug-likeness (QED) is 0.782. The topological polar surface area (TPSA) is 28.2 Å². The van der Waals surface area contributed by atoms with Crippen LogP contribution >= 0.6 is 11.6 Å². The summed E-state index contributed by atoms with van der Waals surface area (Å²) in [6, 6.07) is 8.28. The molecule has 2 heterocycles. The molecule has 2 rings (SSSR count). The van der Waals surface area contributed by atoms with Crippen LogP contribution in [0, 0.1) is 24.2 Å². The van der Waals surface area contributed by atoms with E-state index in [4.69, 9.17) is 11.6 Å². The van der Waals surface area contributed by atoms with Crippen LogP contribution in [0.3, 0.4) is 0 Å². The second-order valence-electron chi connectivity index (χ2n) is 4.63. The minimum atomic E-state index is -0.127. The largest absolute Gasteiger partial charge is 0.318 e. The van der Waals surface area contributed by atoms with E-state index in [1.54, 1.807) is 0 Å². The molecule has 17 heavy (non-hydrogen) atoms. The summed E-state index contributed by atoms with van der Waals surface area (Å²) in [5.74, 6) is 0.144. The van der Waals surface area contributed by atoms with Gasteiger partial charge in [0.15, 0.2) is 0 Å². The molecule has 0 amide bonds. The summed E-state index contributed by atoms with van der Waals surface area (Å²) in [4.78, 5) is 0. The Balaban J connectivity index is 2.77. The Bertz CT molecular complexity index is 590. The Morgan fingerprint density at radius 2 is 2.06 bits per heavy atom. The Morgan fingerprint density at radius 1 is 1.35 bits per heavy atom. The molecule has 0 aliphatic carbocycles. The number of pyridine rings is 1. The highest BCUT2D eigenvalue weighted by molar-refractivity contribution is 6.35. The van der Waals surface area contributed by atoms with E-state index < -0.39 is 0 Å². The van der Waals surface area contributed by atoms with Gasteiger partial charge in [0.2, 0.25) is 0 Å². The van der Waals surface area contributed by atoms with Crippen LogP contribution in [0.2, 0.25) is 5.02 Å². The Morgan fingerprint density at radius 3 is 2.65 bits per heavy atom. The molecule has 1 atom stereocenters. The van der Waals surface area contributed by atoms with Gasteiger partial charge < -0.3 is 4.40 Å². The van der Waals surface area contributed by atoms with Crippen LogP contribution in [0.5, 0.6) is 0 Å². The van der Waals surface area contributed by atoms with E-state index in [2.05, 4.69) is 19.9 Å². The molecule has 0 aromatic carbocycles. The number of fused-ring (bicyclic) bond motifs is 1. The molecule has 0 fully saturated rings. The number of halogens is 1. The fourth-order valence-corrected chi connectivity index (χ4v) is 2.48. The summed E-state index contributed by atoms with van der Waals surface area (Å²) < 4.78 is 2.03. The van der Waals surface area contributed by atoms with E-state index in [0.29, 0.717) is 0 Å². The summed E-state index contributed by atoms with van der Waals surface area (Å²) in [5, 5.41) is 10.1. The first-order chi connectivity index (χ1) is 8.07. The third-order valence-electron chi connectivity index (χ3n) is 3.16. The van der Waals surface area contributed by atoms with Gasteiger partial charge in [0.1, 0.15) is 0 Å². The molecule has 0 aliphatic rings. The molecule has 2 nitrogen and oxygen atoms in total. The number of hydrogen-bond donors (Lipinski definition) is 0. The van der Waals surface area contributed by atoms with E-state index in [-0.39, 0.29) is 11.8 Å². The number of nitrogens with zero attached hydrogens (tertiary/aromatic N) is 2. The molecule has 3 heteroatoms. The van der Waals surface area contributed by atoms with E-state index >= 15 is 0 Å². The average Bonchev–Trinajstić information content (AvgIpc) is 2.56. The monoisotopic (exact) mass is 246 g/mol. The van der Waals surface area contributed by atoms with Gasteiger partial charge in [-0.2, -0.15) is 5.26 Å². The number of rotatable bonds is 2. The van der Waals surface area contributed by atoms with Crippen LogP contribution in [0.4, 0.5) is 0 Å². The van der Waals surface area contributed by atoms with Crippen LogP contribution < -0.4 is 0 Å². The Hall–Kier alpha value is -1.46. The maximum Gasteiger partial charge on any atom is 0.0894 e. The molecule has 2 aromatic heterocycles. The van der Waals surface area contributed by atoms with E-state index in [9.17, 15) is 5.26 Å². The van der Waals surface area contributed by atoms with Crippen LogP contribution in [-0.2, 0) is 0 Å². The van der Waals surface area contributed by atoms with Gasteiger partial charge in [0, 0.05) is 11.9 Å². The van der Waals surface area contributed by atoms with Crippen molar-refractivity contribution in [3.8, 4) is 6.07 Å². The molecule has 2 aromatic rings. The summed E-state index contributed by atoms with van der Waals surface area (Å²) >= 11 is 6.32. The van der Waals surface area contributed by atoms with Gasteiger partial charge in [0.05, 0.1) is 22.5 Å². The predicted octanol–water partition coefficient (Wildman–Crippen LogP) is 4.16. The molecular weight excluding hydrogens is 232 g/mol. The van der Waals surface area contributed by atoms with Crippen molar-refractivity contribution in [2.45, 2.75) is 26.7 Å². The number of nitriles is 1. The zero-order valence-electron chi connectivity index (χ0n) is 10.2. The smallest absolute Gasteiger partial charge is 0.0894 e. The second-order valence-corrected chi connectivity index (χ2v) is 5.01. The molecule has 0 radical (unpaired) electrons. The van der Waals surface area contributed by atoms with Crippen molar-refractivity contribution < 1.29 is 0 Å². The lowest BCUT2D eigenvalue weighted by molar-refractivity contribution is 0.570. The molecular formula is C14H15ClN2. The number of hydrogen-bond acceptors (Lipinski definition) is 1. The Kier molecular flexibility index (Phi) is 3.13. The summed E-state index contributed by atoms with van der Waals surface area (Å²) in [5.41, 5.74) is 3.00. The maximum atomic E-state index is 9.34. The lowest BCUT2D eigenvalue weighted by Gasteiger charge is -2.14. The standard InChI is InChI=1S/C14H15ClN2/c1-9(2)11(8-16)14-10(3)13(15)12-6-4-5-7-17(12)14/h4-7,9,11H,1-3H3. The molecule has 0 bridgehead atoms. The fraction of sp³-hybridized carbons (Fsp3) is 0.357. The molecule has 0 N–H and O–H groups in total. The SMILES string of the molecule is Cc1c(Cl)c2ccccn2c1C(C#N)C(C)C. The zero-order chi connectivity index (χ0) is 12.6. The van der Waals surface area contributed by atoms with Crippen molar-refractivity contribution in [1.29, 1.82) is 5.26 Å². The normalized spacial score (nSPS) is 12.9. The van der Waals surface area contributed by atoms with Gasteiger partial charge in [0.25, 0.3) is 0 Å². The molecule has 88 valence electrons. The summed E-state index contributed by atoms with van der Waals surface area (Å²) in [6.07, 6.45) is 1.97. The lowest BCUT2D eigenvalue weighted by Crippen LogP contribution is -2.08. The van der Waals surface area contributed by atoms with Gasteiger partial charge in [-0.25, -0.2) is 0 Å². The van der Waals surface area contributed by atoms with Gasteiger partial charge >= 0.3 is 0 Å². The number of aromatic nitrogens is 1. The molecule has 1 unspecified atom stereocenters. The third-order valence-corrected chi connectivity index (χ3v) is 3.64. The van der Waals surface area contributed by atoms with Crippen LogP contribution in [0.15, 0.2) is 24.4 Å². The minimum absolute atomic E-state index is 0.127. The van der Waals surface area contributed by atoms with Crippen molar-refractivity contribution in [3.05, 3.63) is 40.7 Å². The van der Waals surface area contributed by atoms with Crippen LogP contribution in [0.25, 0.3) is 5.52 Å². The van der Waals surface area contributed by atoms with Crippen molar-refractivity contribution in [2.75, 3.05) is 0 Å². The van der Waals surface area contributed by atoms with Crippen molar-refractivity contribution in [2.24, 2.45) is 5.92 Å². The fourth-order valence-electron chi connectivity index (χ4n) is 2.23. The van der Waals surface area contributed by atoms with E-state index in [1.807, 2.05) is 35.7 Å². The van der Waals surface area contributed by atoms with E-state index in [0.717, 1.165) is 21.8 Å². The first-order valence-electron chi connectivity index (χ1n) is 5.72. The first kappa shape index (κ1) is 12.0. The first-order valence-corrected chi connectivity index (χ1v) is 6.10. The van der Waals surface area contributed by atoms with Crippen LogP contribution in [0.1, 0.15) is 31.0 Å². The molecule has 0 aliphatic heterocycles. The van der Waals surface area contributed by atoms with Gasteiger partial charge in [-0.15, -0.1) is 0 Å². The van der Waals surface area contributed by atoms with Gasteiger partial charge in [-0.05, 0) is 30.5 Å². The van der Waals surface area contributed by atoms with Crippen molar-refractivity contribution >= 4 is 17.1 Å². The highest BCUT2D eigenvalue weighted by atomic mass is 35.5. The Labute approximate surface area is 106 Å². The molecule has 0 spiro atoms. The van der Waals surface area contributed by atoms with Crippen molar-refractivity contribution in [1.82, 2.24) is 4.40 Å². The third kappa shape index (κ3) is 1.81. The van der Waals surface area contributed by atoms with Crippen LogP contribution in [-0.4, -0.2) is 4.40 Å². The zero-order valence-corrected chi connectivity index (χ0v) is 11.0. The molecule has 0 saturated heterocycles. The van der Waals surface area contributed by atoms with Crippen molar-refractivity contribution in [3.63, 3.8) is 0 Å².